The maximum absolute atomic E-state index is 15.2. The lowest BCUT2D eigenvalue weighted by Crippen LogP contribution is -2.41. The Hall–Kier alpha value is -1.91. The molecule has 1 aliphatic heterocycles. The van der Waals surface area contributed by atoms with Gasteiger partial charge in [0.25, 0.3) is 5.91 Å². The van der Waals surface area contributed by atoms with Gasteiger partial charge in [0, 0.05) is 12.6 Å². The monoisotopic (exact) mass is 401 g/mol. The van der Waals surface area contributed by atoms with Gasteiger partial charge < -0.3 is 15.5 Å². The van der Waals surface area contributed by atoms with Gasteiger partial charge >= 0.3 is 10.2 Å². The van der Waals surface area contributed by atoms with E-state index in [0.717, 1.165) is 0 Å². The SMILES string of the molecule is CC(C)C(O)CNC1CCc2cc(O)c(N3CC(=O)NS3(=O)=O)c(F)c2C1. The highest BCUT2D eigenvalue weighted by Gasteiger charge is 2.39. The highest BCUT2D eigenvalue weighted by molar-refractivity contribution is 7.92. The summed E-state index contributed by atoms with van der Waals surface area (Å²) in [5, 5.41) is 23.3. The average molecular weight is 401 g/mol. The molecule has 150 valence electrons. The molecule has 2 aliphatic rings. The molecule has 1 aromatic carbocycles. The summed E-state index contributed by atoms with van der Waals surface area (Å²) in [6.07, 6.45) is 1.00. The quantitative estimate of drug-likeness (QED) is 0.559. The van der Waals surface area contributed by atoms with Gasteiger partial charge in [-0.3, -0.25) is 4.79 Å². The number of hydrogen-bond donors (Lipinski definition) is 4. The van der Waals surface area contributed by atoms with E-state index in [-0.39, 0.29) is 12.0 Å². The maximum atomic E-state index is 15.2. The molecule has 3 rings (SSSR count). The van der Waals surface area contributed by atoms with E-state index in [2.05, 4.69) is 5.32 Å². The van der Waals surface area contributed by atoms with Crippen LogP contribution in [0.2, 0.25) is 0 Å². The standard InChI is InChI=1S/C17H24FN3O5S/c1-9(2)14(23)7-19-11-4-3-10-5-13(22)17(16(18)12(10)6-11)21-8-15(24)20-27(21,25)26/h5,9,11,14,19,22-23H,3-4,6-8H2,1-2H3,(H,20,24). The molecular weight excluding hydrogens is 377 g/mol. The number of aliphatic hydroxyl groups is 1. The van der Waals surface area contributed by atoms with Crippen LogP contribution in [0.3, 0.4) is 0 Å². The van der Waals surface area contributed by atoms with Gasteiger partial charge in [0.1, 0.15) is 18.0 Å². The first-order valence-electron chi connectivity index (χ1n) is 8.88. The number of benzene rings is 1. The molecule has 2 atom stereocenters. The first-order valence-corrected chi connectivity index (χ1v) is 10.3. The van der Waals surface area contributed by atoms with Gasteiger partial charge in [-0.1, -0.05) is 13.8 Å². The van der Waals surface area contributed by atoms with E-state index in [4.69, 9.17) is 0 Å². The molecule has 1 aliphatic carbocycles. The number of anilines is 1. The summed E-state index contributed by atoms with van der Waals surface area (Å²) in [6, 6.07) is 1.29. The van der Waals surface area contributed by atoms with E-state index >= 15 is 4.39 Å². The van der Waals surface area contributed by atoms with Crippen molar-refractivity contribution in [2.24, 2.45) is 5.92 Å². The molecule has 4 N–H and O–H groups in total. The van der Waals surface area contributed by atoms with E-state index in [0.29, 0.717) is 41.2 Å². The van der Waals surface area contributed by atoms with Crippen molar-refractivity contribution in [3.05, 3.63) is 23.0 Å². The van der Waals surface area contributed by atoms with Gasteiger partial charge in [-0.15, -0.1) is 0 Å². The summed E-state index contributed by atoms with van der Waals surface area (Å²) in [7, 11) is -4.22. The lowest BCUT2D eigenvalue weighted by Gasteiger charge is -2.29. The van der Waals surface area contributed by atoms with Crippen LogP contribution >= 0.6 is 0 Å². The fourth-order valence-corrected chi connectivity index (χ4v) is 4.58. The zero-order valence-electron chi connectivity index (χ0n) is 15.2. The van der Waals surface area contributed by atoms with Gasteiger partial charge in [-0.25, -0.2) is 13.4 Å². The summed E-state index contributed by atoms with van der Waals surface area (Å²) in [6.45, 7) is 3.61. The first kappa shape index (κ1) is 19.8. The molecule has 2 unspecified atom stereocenters. The van der Waals surface area contributed by atoms with Crippen molar-refractivity contribution in [2.75, 3.05) is 17.4 Å². The number of carbonyl (C=O) groups excluding carboxylic acids is 1. The number of amides is 1. The van der Waals surface area contributed by atoms with E-state index in [9.17, 15) is 23.4 Å². The Morgan fingerprint density at radius 3 is 2.74 bits per heavy atom. The highest BCUT2D eigenvalue weighted by atomic mass is 32.2. The van der Waals surface area contributed by atoms with Crippen molar-refractivity contribution in [3.63, 3.8) is 0 Å². The Bertz CT molecular complexity index is 859. The predicted molar refractivity (Wildman–Crippen MR) is 97.1 cm³/mol. The highest BCUT2D eigenvalue weighted by Crippen LogP contribution is 2.39. The number of nitrogens with zero attached hydrogens (tertiary/aromatic N) is 1. The number of rotatable bonds is 5. The van der Waals surface area contributed by atoms with Gasteiger partial charge in [0.2, 0.25) is 0 Å². The van der Waals surface area contributed by atoms with Crippen LogP contribution in [0.25, 0.3) is 0 Å². The minimum Gasteiger partial charge on any atom is -0.506 e. The van der Waals surface area contributed by atoms with Crippen LogP contribution in [0.4, 0.5) is 10.1 Å². The number of aromatic hydroxyl groups is 1. The van der Waals surface area contributed by atoms with Crippen LogP contribution in [-0.2, 0) is 27.8 Å². The Labute approximate surface area is 157 Å². The van der Waals surface area contributed by atoms with Gasteiger partial charge in [0.15, 0.2) is 5.82 Å². The summed E-state index contributed by atoms with van der Waals surface area (Å²) in [4.78, 5) is 11.4. The fraction of sp³-hybridized carbons (Fsp3) is 0.588. The third kappa shape index (κ3) is 3.87. The van der Waals surface area contributed by atoms with Crippen LogP contribution in [-0.4, -0.2) is 49.8 Å². The minimum atomic E-state index is -4.22. The molecule has 0 bridgehead atoms. The molecule has 1 aromatic rings. The molecule has 1 amide bonds. The molecule has 27 heavy (non-hydrogen) atoms. The van der Waals surface area contributed by atoms with E-state index in [1.807, 2.05) is 13.8 Å². The number of aliphatic hydroxyl groups excluding tert-OH is 1. The second kappa shape index (κ2) is 7.25. The van der Waals surface area contributed by atoms with Gasteiger partial charge in [-0.2, -0.15) is 8.42 Å². The molecule has 10 heteroatoms. The van der Waals surface area contributed by atoms with Gasteiger partial charge in [-0.05, 0) is 42.4 Å². The molecule has 0 radical (unpaired) electrons. The van der Waals surface area contributed by atoms with E-state index in [1.165, 1.54) is 6.07 Å². The maximum Gasteiger partial charge on any atom is 0.326 e. The van der Waals surface area contributed by atoms with Crippen molar-refractivity contribution in [2.45, 2.75) is 45.3 Å². The normalized spacial score (nSPS) is 22.6. The zero-order valence-corrected chi connectivity index (χ0v) is 16.0. The lowest BCUT2D eigenvalue weighted by molar-refractivity contribution is -0.117. The number of aryl methyl sites for hydroxylation is 1. The number of phenolic OH excluding ortho intramolecular Hbond substituents is 1. The van der Waals surface area contributed by atoms with Crippen molar-refractivity contribution >= 4 is 21.8 Å². The summed E-state index contributed by atoms with van der Waals surface area (Å²) >= 11 is 0. The van der Waals surface area contributed by atoms with Crippen LogP contribution in [0.1, 0.15) is 31.4 Å². The van der Waals surface area contributed by atoms with E-state index < -0.39 is 46.0 Å². The molecule has 1 saturated heterocycles. The summed E-state index contributed by atoms with van der Waals surface area (Å²) < 4.78 is 41.5. The Morgan fingerprint density at radius 2 is 2.15 bits per heavy atom. The van der Waals surface area contributed by atoms with Crippen molar-refractivity contribution in [3.8, 4) is 5.75 Å². The second-order valence-electron chi connectivity index (χ2n) is 7.39. The lowest BCUT2D eigenvalue weighted by atomic mass is 9.87. The Morgan fingerprint density at radius 1 is 1.44 bits per heavy atom. The van der Waals surface area contributed by atoms with Crippen molar-refractivity contribution in [1.82, 2.24) is 10.0 Å². The number of carbonyl (C=O) groups is 1. The van der Waals surface area contributed by atoms with Gasteiger partial charge in [0.05, 0.1) is 6.10 Å². The summed E-state index contributed by atoms with van der Waals surface area (Å²) in [5.74, 6) is -2.03. The largest absolute Gasteiger partial charge is 0.506 e. The molecule has 0 saturated carbocycles. The van der Waals surface area contributed by atoms with Crippen LogP contribution in [0, 0.1) is 11.7 Å². The number of phenols is 1. The predicted octanol–water partition coefficient (Wildman–Crippen LogP) is 0.176. The zero-order chi connectivity index (χ0) is 19.9. The fourth-order valence-electron chi connectivity index (χ4n) is 3.42. The number of nitrogens with one attached hydrogen (secondary N) is 2. The van der Waals surface area contributed by atoms with Crippen molar-refractivity contribution < 1.29 is 27.8 Å². The minimum absolute atomic E-state index is 0.0762. The number of halogens is 1. The third-order valence-corrected chi connectivity index (χ3v) is 6.46. The third-order valence-electron chi connectivity index (χ3n) is 5.08. The molecule has 0 spiro atoms. The summed E-state index contributed by atoms with van der Waals surface area (Å²) in [5.41, 5.74) is 0.433. The van der Waals surface area contributed by atoms with Crippen molar-refractivity contribution in [1.29, 1.82) is 0 Å². The number of fused-ring (bicyclic) bond motifs is 1. The van der Waals surface area contributed by atoms with Crippen LogP contribution in [0.15, 0.2) is 6.07 Å². The molecule has 0 aromatic heterocycles. The van der Waals surface area contributed by atoms with Crippen LogP contribution < -0.4 is 14.3 Å². The topological polar surface area (TPSA) is 119 Å². The Balaban J connectivity index is 1.87. The van der Waals surface area contributed by atoms with Crippen LogP contribution in [0.5, 0.6) is 5.75 Å². The van der Waals surface area contributed by atoms with E-state index in [1.54, 1.807) is 4.72 Å². The molecule has 1 fully saturated rings. The number of hydrogen-bond acceptors (Lipinski definition) is 6. The molecule has 8 nitrogen and oxygen atoms in total. The average Bonchev–Trinajstić information content (AvgIpc) is 2.85. The smallest absolute Gasteiger partial charge is 0.326 e. The second-order valence-corrected chi connectivity index (χ2v) is 8.99. The molecular formula is C17H24FN3O5S. The Kier molecular flexibility index (Phi) is 5.33. The first-order chi connectivity index (χ1) is 12.6. The molecule has 1 heterocycles.